The molecule has 0 aromatic heterocycles. The number of Topliss-reactive ketones (excluding diaryl/α,β-unsaturated/α-hetero) is 1. The highest BCUT2D eigenvalue weighted by atomic mass is 16.5. The number of carbonyl (C=O) groups excluding carboxylic acids is 1. The Labute approximate surface area is 248 Å². The van der Waals surface area contributed by atoms with E-state index in [-0.39, 0.29) is 5.78 Å². The topological polar surface area (TPSA) is 54.0 Å². The number of benzene rings is 4. The summed E-state index contributed by atoms with van der Waals surface area (Å²) in [7, 11) is 3.26. The van der Waals surface area contributed by atoms with Crippen LogP contribution < -0.4 is 18.9 Å². The molecule has 1 fully saturated rings. The van der Waals surface area contributed by atoms with E-state index in [9.17, 15) is 4.79 Å². The smallest absolute Gasteiger partial charge is 0.185 e. The lowest BCUT2D eigenvalue weighted by atomic mass is 9.81. The Morgan fingerprint density at radius 3 is 1.45 bits per heavy atom. The molecule has 42 heavy (non-hydrogen) atoms. The molecule has 5 rings (SSSR count). The first-order valence-electron chi connectivity index (χ1n) is 14.2. The normalized spacial score (nSPS) is 16.8. The summed E-state index contributed by atoms with van der Waals surface area (Å²) >= 11 is 0. The van der Waals surface area contributed by atoms with Crippen LogP contribution in [0, 0.1) is 5.92 Å². The molecule has 0 radical (unpaired) electrons. The van der Waals surface area contributed by atoms with Crippen LogP contribution >= 0.6 is 0 Å². The average molecular weight is 561 g/mol. The lowest BCUT2D eigenvalue weighted by Gasteiger charge is -2.23. The Morgan fingerprint density at radius 2 is 1.05 bits per heavy atom. The average Bonchev–Trinajstić information content (AvgIpc) is 3.02. The monoisotopic (exact) mass is 560 g/mol. The van der Waals surface area contributed by atoms with Gasteiger partial charge in [-0.15, -0.1) is 0 Å². The summed E-state index contributed by atoms with van der Waals surface area (Å²) in [6, 6.07) is 31.6. The first-order chi connectivity index (χ1) is 20.5. The van der Waals surface area contributed by atoms with Gasteiger partial charge >= 0.3 is 0 Å². The van der Waals surface area contributed by atoms with Crippen molar-refractivity contribution in [2.24, 2.45) is 5.92 Å². The third-order valence-corrected chi connectivity index (χ3v) is 7.25. The number of ketones is 1. The molecule has 4 aromatic carbocycles. The van der Waals surface area contributed by atoms with Gasteiger partial charge in [-0.05, 0) is 77.4 Å². The van der Waals surface area contributed by atoms with Crippen molar-refractivity contribution in [3.63, 3.8) is 0 Å². The molecule has 0 unspecified atom stereocenters. The first kappa shape index (κ1) is 28.7. The maximum absolute atomic E-state index is 13.6. The molecule has 0 bridgehead atoms. The van der Waals surface area contributed by atoms with Crippen molar-refractivity contribution >= 4 is 17.9 Å². The summed E-state index contributed by atoms with van der Waals surface area (Å²) in [6.07, 6.45) is 5.38. The molecule has 0 atom stereocenters. The minimum absolute atomic E-state index is 0.0693. The van der Waals surface area contributed by atoms with Gasteiger partial charge in [0.15, 0.2) is 28.8 Å². The molecule has 4 aromatic rings. The lowest BCUT2D eigenvalue weighted by Crippen LogP contribution is -2.18. The quantitative estimate of drug-likeness (QED) is 0.183. The maximum atomic E-state index is 13.6. The van der Waals surface area contributed by atoms with Crippen molar-refractivity contribution in [2.75, 3.05) is 14.2 Å². The van der Waals surface area contributed by atoms with Crippen LogP contribution in [0.5, 0.6) is 23.0 Å². The first-order valence-corrected chi connectivity index (χ1v) is 14.2. The summed E-state index contributed by atoms with van der Waals surface area (Å²) in [5.41, 5.74) is 5.54. The van der Waals surface area contributed by atoms with Crippen molar-refractivity contribution < 1.29 is 23.7 Å². The van der Waals surface area contributed by atoms with Gasteiger partial charge in [-0.3, -0.25) is 4.79 Å². The van der Waals surface area contributed by atoms with E-state index in [0.29, 0.717) is 42.1 Å². The maximum Gasteiger partial charge on any atom is 0.185 e. The van der Waals surface area contributed by atoms with Crippen LogP contribution in [0.3, 0.4) is 0 Å². The molecule has 0 amide bonds. The fourth-order valence-electron chi connectivity index (χ4n) is 5.12. The van der Waals surface area contributed by atoms with Gasteiger partial charge in [-0.2, -0.15) is 0 Å². The highest BCUT2D eigenvalue weighted by Crippen LogP contribution is 2.36. The highest BCUT2D eigenvalue weighted by molar-refractivity contribution is 6.14. The van der Waals surface area contributed by atoms with E-state index in [2.05, 4.69) is 6.92 Å². The number of allylic oxidation sites excluding steroid dienone is 2. The minimum atomic E-state index is 0.0693. The largest absolute Gasteiger partial charge is 0.493 e. The molecule has 1 aliphatic carbocycles. The van der Waals surface area contributed by atoms with Crippen LogP contribution in [-0.4, -0.2) is 20.0 Å². The zero-order valence-corrected chi connectivity index (χ0v) is 24.3. The predicted octanol–water partition coefficient (Wildman–Crippen LogP) is 8.33. The second-order valence-corrected chi connectivity index (χ2v) is 10.6. The summed E-state index contributed by atoms with van der Waals surface area (Å²) in [4.78, 5) is 13.6. The predicted molar refractivity (Wildman–Crippen MR) is 167 cm³/mol. The zero-order valence-electron chi connectivity index (χ0n) is 24.3. The van der Waals surface area contributed by atoms with Crippen molar-refractivity contribution in [1.29, 1.82) is 0 Å². The molecule has 5 nitrogen and oxygen atoms in total. The Balaban J connectivity index is 1.32. The third-order valence-electron chi connectivity index (χ3n) is 7.25. The SMILES string of the molecule is COc1cc(/C=C2\CC(C)C/C(=C\c3ccc(OCc4ccccc4)c(OC)c3)C2=O)ccc1OCc1ccccc1. The molecular weight excluding hydrogens is 524 g/mol. The van der Waals surface area contributed by atoms with Crippen LogP contribution in [0.2, 0.25) is 0 Å². The van der Waals surface area contributed by atoms with Crippen LogP contribution in [-0.2, 0) is 18.0 Å². The van der Waals surface area contributed by atoms with Gasteiger partial charge < -0.3 is 18.9 Å². The summed E-state index contributed by atoms with van der Waals surface area (Å²) in [5.74, 6) is 3.00. The number of methoxy groups -OCH3 is 2. The van der Waals surface area contributed by atoms with E-state index in [4.69, 9.17) is 18.9 Å². The fraction of sp³-hybridized carbons (Fsp3) is 0.216. The summed E-state index contributed by atoms with van der Waals surface area (Å²) < 4.78 is 23.2. The number of ether oxygens (including phenoxy) is 4. The molecule has 0 saturated heterocycles. The number of carbonyl (C=O) groups is 1. The Hall–Kier alpha value is -4.77. The molecule has 5 heteroatoms. The van der Waals surface area contributed by atoms with Gasteiger partial charge in [0.05, 0.1) is 14.2 Å². The Kier molecular flexibility index (Phi) is 9.40. The van der Waals surface area contributed by atoms with E-state index >= 15 is 0 Å². The van der Waals surface area contributed by atoms with Gasteiger partial charge in [0, 0.05) is 11.1 Å². The van der Waals surface area contributed by atoms with Crippen LogP contribution in [0.4, 0.5) is 0 Å². The van der Waals surface area contributed by atoms with Crippen LogP contribution in [0.25, 0.3) is 12.2 Å². The van der Waals surface area contributed by atoms with Gasteiger partial charge in [0.2, 0.25) is 0 Å². The van der Waals surface area contributed by atoms with Crippen molar-refractivity contribution in [3.8, 4) is 23.0 Å². The van der Waals surface area contributed by atoms with Crippen molar-refractivity contribution in [3.05, 3.63) is 130 Å². The second kappa shape index (κ2) is 13.7. The third kappa shape index (κ3) is 7.29. The standard InChI is InChI=1S/C37H36O5/c1-26-18-31(20-29-14-16-33(35(22-29)39-2)41-24-27-10-6-4-7-11-27)37(38)32(19-26)21-30-15-17-34(36(23-30)40-3)42-25-28-12-8-5-9-13-28/h4-17,20-23,26H,18-19,24-25H2,1-3H3/b31-20+,32-21+. The molecule has 0 N–H and O–H groups in total. The number of hydrogen-bond donors (Lipinski definition) is 0. The number of rotatable bonds is 10. The van der Waals surface area contributed by atoms with Gasteiger partial charge in [-0.1, -0.05) is 79.7 Å². The molecule has 1 saturated carbocycles. The lowest BCUT2D eigenvalue weighted by molar-refractivity contribution is -0.113. The van der Waals surface area contributed by atoms with E-state index < -0.39 is 0 Å². The van der Waals surface area contributed by atoms with E-state index in [1.54, 1.807) is 14.2 Å². The van der Waals surface area contributed by atoms with E-state index in [1.807, 2.05) is 109 Å². The minimum Gasteiger partial charge on any atom is -0.493 e. The Morgan fingerprint density at radius 1 is 0.619 bits per heavy atom. The zero-order chi connectivity index (χ0) is 29.3. The van der Waals surface area contributed by atoms with Gasteiger partial charge in [-0.25, -0.2) is 0 Å². The second-order valence-electron chi connectivity index (χ2n) is 10.6. The molecule has 0 spiro atoms. The van der Waals surface area contributed by atoms with Crippen LogP contribution in [0.15, 0.2) is 108 Å². The fourth-order valence-corrected chi connectivity index (χ4v) is 5.12. The summed E-state index contributed by atoms with van der Waals surface area (Å²) in [6.45, 7) is 3.08. The highest BCUT2D eigenvalue weighted by Gasteiger charge is 2.25. The molecule has 0 heterocycles. The molecular formula is C37H36O5. The van der Waals surface area contributed by atoms with E-state index in [1.165, 1.54) is 0 Å². The Bertz CT molecular complexity index is 1450. The van der Waals surface area contributed by atoms with Gasteiger partial charge in [0.1, 0.15) is 13.2 Å². The summed E-state index contributed by atoms with van der Waals surface area (Å²) in [5, 5.41) is 0. The van der Waals surface area contributed by atoms with Crippen LogP contribution in [0.1, 0.15) is 42.0 Å². The molecule has 214 valence electrons. The number of hydrogen-bond acceptors (Lipinski definition) is 5. The molecule has 1 aliphatic rings. The van der Waals surface area contributed by atoms with Crippen molar-refractivity contribution in [1.82, 2.24) is 0 Å². The van der Waals surface area contributed by atoms with E-state index in [0.717, 1.165) is 46.2 Å². The van der Waals surface area contributed by atoms with Gasteiger partial charge in [0.25, 0.3) is 0 Å². The molecule has 0 aliphatic heterocycles. The van der Waals surface area contributed by atoms with Crippen molar-refractivity contribution in [2.45, 2.75) is 33.0 Å².